The van der Waals surface area contributed by atoms with Gasteiger partial charge < -0.3 is 15.4 Å². The summed E-state index contributed by atoms with van der Waals surface area (Å²) >= 11 is 6.16. The van der Waals surface area contributed by atoms with Crippen LogP contribution in [0.4, 0.5) is 16.2 Å². The lowest BCUT2D eigenvalue weighted by Gasteiger charge is -2.13. The molecule has 0 aliphatic carbocycles. The third kappa shape index (κ3) is 4.23. The summed E-state index contributed by atoms with van der Waals surface area (Å²) in [5, 5.41) is 5.85. The Kier molecular flexibility index (Phi) is 5.24. The molecule has 0 heterocycles. The second kappa shape index (κ2) is 7.15. The van der Waals surface area contributed by atoms with Crippen molar-refractivity contribution in [3.8, 4) is 0 Å². The molecule has 0 bridgehead atoms. The average molecular weight is 333 g/mol. The van der Waals surface area contributed by atoms with Crippen LogP contribution in [0, 0.1) is 13.8 Å². The van der Waals surface area contributed by atoms with Crippen LogP contribution in [0.5, 0.6) is 0 Å². The number of benzene rings is 2. The predicted octanol–water partition coefficient (Wildman–Crippen LogP) is 4.39. The Morgan fingerprint density at radius 2 is 1.83 bits per heavy atom. The maximum absolute atomic E-state index is 12.1. The standard InChI is InChI=1S/C17H17ClN2O3/c1-10-7-11(2)15(14(18)8-10)20-17(22)19-13-6-4-5-12(9-13)16(21)23-3/h4-9H,1-3H3,(H2,19,20,22). The number of anilines is 2. The quantitative estimate of drug-likeness (QED) is 0.819. The van der Waals surface area contributed by atoms with Crippen LogP contribution in [0.1, 0.15) is 21.5 Å². The van der Waals surface area contributed by atoms with Crippen molar-refractivity contribution in [1.82, 2.24) is 0 Å². The fourth-order valence-corrected chi connectivity index (χ4v) is 2.56. The fourth-order valence-electron chi connectivity index (χ4n) is 2.19. The normalized spacial score (nSPS) is 10.1. The summed E-state index contributed by atoms with van der Waals surface area (Å²) in [6.45, 7) is 3.80. The molecular formula is C17H17ClN2O3. The lowest BCUT2D eigenvalue weighted by atomic mass is 10.1. The van der Waals surface area contributed by atoms with Gasteiger partial charge in [-0.15, -0.1) is 0 Å². The van der Waals surface area contributed by atoms with Gasteiger partial charge in [-0.05, 0) is 49.2 Å². The van der Waals surface area contributed by atoms with Crippen LogP contribution in [0.15, 0.2) is 36.4 Å². The summed E-state index contributed by atoms with van der Waals surface area (Å²) in [7, 11) is 1.30. The number of rotatable bonds is 3. The van der Waals surface area contributed by atoms with Crippen LogP contribution >= 0.6 is 11.6 Å². The van der Waals surface area contributed by atoms with Crippen LogP contribution in [0.3, 0.4) is 0 Å². The molecule has 0 aliphatic heterocycles. The van der Waals surface area contributed by atoms with Gasteiger partial charge in [0.25, 0.3) is 0 Å². The first-order chi connectivity index (χ1) is 10.9. The SMILES string of the molecule is COC(=O)c1cccc(NC(=O)Nc2c(C)cc(C)cc2Cl)c1. The van der Waals surface area contributed by atoms with E-state index in [0.717, 1.165) is 11.1 Å². The molecule has 23 heavy (non-hydrogen) atoms. The Hall–Kier alpha value is -2.53. The van der Waals surface area contributed by atoms with Crippen molar-refractivity contribution < 1.29 is 14.3 Å². The molecule has 0 saturated heterocycles. The van der Waals surface area contributed by atoms with E-state index in [1.54, 1.807) is 24.3 Å². The summed E-state index contributed by atoms with van der Waals surface area (Å²) in [6, 6.07) is 9.74. The maximum Gasteiger partial charge on any atom is 0.337 e. The molecule has 0 fully saturated rings. The molecule has 2 N–H and O–H groups in total. The fraction of sp³-hybridized carbons (Fsp3) is 0.176. The third-order valence-electron chi connectivity index (χ3n) is 3.21. The Balaban J connectivity index is 2.13. The molecule has 0 saturated carbocycles. The molecule has 2 rings (SSSR count). The van der Waals surface area contributed by atoms with Crippen molar-refractivity contribution in [2.24, 2.45) is 0 Å². The zero-order chi connectivity index (χ0) is 17.0. The van der Waals surface area contributed by atoms with Gasteiger partial charge >= 0.3 is 12.0 Å². The van der Waals surface area contributed by atoms with E-state index >= 15 is 0 Å². The van der Waals surface area contributed by atoms with Gasteiger partial charge in [0, 0.05) is 5.69 Å². The van der Waals surface area contributed by atoms with E-state index in [1.165, 1.54) is 13.2 Å². The molecule has 5 nitrogen and oxygen atoms in total. The van der Waals surface area contributed by atoms with Crippen molar-refractivity contribution in [3.05, 3.63) is 58.1 Å². The second-order valence-corrected chi connectivity index (χ2v) is 5.50. The van der Waals surface area contributed by atoms with Crippen molar-refractivity contribution in [2.45, 2.75) is 13.8 Å². The highest BCUT2D eigenvalue weighted by Crippen LogP contribution is 2.27. The number of carbonyl (C=O) groups excluding carboxylic acids is 2. The second-order valence-electron chi connectivity index (χ2n) is 5.09. The number of ether oxygens (including phenoxy) is 1. The van der Waals surface area contributed by atoms with Crippen LogP contribution < -0.4 is 10.6 Å². The number of methoxy groups -OCH3 is 1. The number of esters is 1. The molecule has 0 atom stereocenters. The minimum Gasteiger partial charge on any atom is -0.465 e. The minimum atomic E-state index is -0.466. The number of carbonyl (C=O) groups is 2. The Morgan fingerprint density at radius 1 is 1.09 bits per heavy atom. The smallest absolute Gasteiger partial charge is 0.337 e. The molecule has 0 unspecified atom stereocenters. The van der Waals surface area contributed by atoms with Crippen LogP contribution in [0.2, 0.25) is 5.02 Å². The van der Waals surface area contributed by atoms with Crippen molar-refractivity contribution in [2.75, 3.05) is 17.7 Å². The van der Waals surface area contributed by atoms with Crippen LogP contribution in [-0.2, 0) is 4.74 Å². The van der Waals surface area contributed by atoms with E-state index in [9.17, 15) is 9.59 Å². The summed E-state index contributed by atoms with van der Waals surface area (Å²) in [4.78, 5) is 23.6. The molecule has 0 spiro atoms. The van der Waals surface area contributed by atoms with Gasteiger partial charge in [0.1, 0.15) is 0 Å². The number of aryl methyl sites for hydroxylation is 2. The molecule has 2 amide bonds. The number of urea groups is 1. The lowest BCUT2D eigenvalue weighted by Crippen LogP contribution is -2.20. The minimum absolute atomic E-state index is 0.356. The third-order valence-corrected chi connectivity index (χ3v) is 3.51. The predicted molar refractivity (Wildman–Crippen MR) is 91.3 cm³/mol. The number of nitrogens with one attached hydrogen (secondary N) is 2. The van der Waals surface area contributed by atoms with Gasteiger partial charge in [-0.25, -0.2) is 9.59 Å². The number of amides is 2. The van der Waals surface area contributed by atoms with Gasteiger partial charge in [0.05, 0.1) is 23.4 Å². The first kappa shape index (κ1) is 16.8. The molecule has 0 aromatic heterocycles. The number of hydrogen-bond acceptors (Lipinski definition) is 3. The summed E-state index contributed by atoms with van der Waals surface area (Å²) in [5.41, 5.74) is 3.28. The van der Waals surface area contributed by atoms with Gasteiger partial charge in [-0.2, -0.15) is 0 Å². The topological polar surface area (TPSA) is 67.4 Å². The monoisotopic (exact) mass is 332 g/mol. The highest BCUT2D eigenvalue weighted by atomic mass is 35.5. The Bertz CT molecular complexity index is 736. The van der Waals surface area contributed by atoms with Gasteiger partial charge in [-0.1, -0.05) is 23.7 Å². The molecule has 120 valence electrons. The van der Waals surface area contributed by atoms with Crippen molar-refractivity contribution in [1.29, 1.82) is 0 Å². The first-order valence-electron chi connectivity index (χ1n) is 6.94. The highest BCUT2D eigenvalue weighted by molar-refractivity contribution is 6.34. The van der Waals surface area contributed by atoms with Crippen molar-refractivity contribution >= 4 is 35.0 Å². The molecule has 6 heteroatoms. The van der Waals surface area contributed by atoms with E-state index in [0.29, 0.717) is 22.0 Å². The number of hydrogen-bond donors (Lipinski definition) is 2. The molecule has 2 aromatic carbocycles. The van der Waals surface area contributed by atoms with Crippen molar-refractivity contribution in [3.63, 3.8) is 0 Å². The average Bonchev–Trinajstić information content (AvgIpc) is 2.50. The van der Waals surface area contributed by atoms with Crippen LogP contribution in [0.25, 0.3) is 0 Å². The van der Waals surface area contributed by atoms with E-state index in [2.05, 4.69) is 15.4 Å². The van der Waals surface area contributed by atoms with Gasteiger partial charge in [-0.3, -0.25) is 0 Å². The number of halogens is 1. The zero-order valence-corrected chi connectivity index (χ0v) is 13.8. The Labute approximate surface area is 139 Å². The Morgan fingerprint density at radius 3 is 2.48 bits per heavy atom. The largest absolute Gasteiger partial charge is 0.465 e. The maximum atomic E-state index is 12.1. The summed E-state index contributed by atoms with van der Waals surface area (Å²) in [6.07, 6.45) is 0. The molecular weight excluding hydrogens is 316 g/mol. The lowest BCUT2D eigenvalue weighted by molar-refractivity contribution is 0.0600. The van der Waals surface area contributed by atoms with E-state index in [1.807, 2.05) is 19.9 Å². The van der Waals surface area contributed by atoms with E-state index < -0.39 is 12.0 Å². The van der Waals surface area contributed by atoms with E-state index in [4.69, 9.17) is 11.6 Å². The van der Waals surface area contributed by atoms with E-state index in [-0.39, 0.29) is 0 Å². The van der Waals surface area contributed by atoms with Crippen LogP contribution in [-0.4, -0.2) is 19.1 Å². The zero-order valence-electron chi connectivity index (χ0n) is 13.1. The van der Waals surface area contributed by atoms with Gasteiger partial charge in [0.2, 0.25) is 0 Å². The first-order valence-corrected chi connectivity index (χ1v) is 7.31. The summed E-state index contributed by atoms with van der Waals surface area (Å²) < 4.78 is 4.65. The summed E-state index contributed by atoms with van der Waals surface area (Å²) in [5.74, 6) is -0.466. The molecule has 0 radical (unpaired) electrons. The highest BCUT2D eigenvalue weighted by Gasteiger charge is 2.11. The molecule has 0 aliphatic rings. The molecule has 2 aromatic rings. The van der Waals surface area contributed by atoms with Gasteiger partial charge in [0.15, 0.2) is 0 Å².